The SMILES string of the molecule is CC(C)COC[C@H](CC(C)C)NC(=O)[C@@H]1[CH]O1. The molecule has 0 bridgehead atoms. The summed E-state index contributed by atoms with van der Waals surface area (Å²) in [5.41, 5.74) is 0. The van der Waals surface area contributed by atoms with Gasteiger partial charge in [-0.3, -0.25) is 4.79 Å². The van der Waals surface area contributed by atoms with Gasteiger partial charge in [0.25, 0.3) is 5.91 Å². The van der Waals surface area contributed by atoms with Crippen molar-refractivity contribution in [3.8, 4) is 0 Å². The van der Waals surface area contributed by atoms with Crippen LogP contribution < -0.4 is 5.32 Å². The molecule has 1 fully saturated rings. The molecule has 0 aromatic heterocycles. The number of nitrogens with one attached hydrogen (secondary N) is 1. The minimum atomic E-state index is -0.338. The minimum Gasteiger partial charge on any atom is -0.379 e. The molecule has 1 aliphatic heterocycles. The number of carbonyl (C=O) groups is 1. The van der Waals surface area contributed by atoms with Crippen LogP contribution in [-0.4, -0.2) is 31.3 Å². The van der Waals surface area contributed by atoms with Gasteiger partial charge in [0, 0.05) is 6.61 Å². The fourth-order valence-corrected chi connectivity index (χ4v) is 1.63. The van der Waals surface area contributed by atoms with E-state index in [2.05, 4.69) is 33.0 Å². The lowest BCUT2D eigenvalue weighted by molar-refractivity contribution is -0.123. The Balaban J connectivity index is 2.28. The van der Waals surface area contributed by atoms with E-state index in [1.165, 1.54) is 6.61 Å². The fraction of sp³-hybridized carbons (Fsp3) is 0.846. The molecule has 0 saturated carbocycles. The van der Waals surface area contributed by atoms with E-state index in [4.69, 9.17) is 9.47 Å². The van der Waals surface area contributed by atoms with Crippen molar-refractivity contribution in [3.63, 3.8) is 0 Å². The Labute approximate surface area is 104 Å². The maximum absolute atomic E-state index is 11.6. The average Bonchev–Trinajstić information content (AvgIpc) is 2.98. The van der Waals surface area contributed by atoms with Crippen LogP contribution in [0.4, 0.5) is 0 Å². The van der Waals surface area contributed by atoms with Gasteiger partial charge in [-0.1, -0.05) is 27.7 Å². The van der Waals surface area contributed by atoms with E-state index in [-0.39, 0.29) is 18.1 Å². The number of amides is 1. The van der Waals surface area contributed by atoms with Crippen LogP contribution in [0.2, 0.25) is 0 Å². The van der Waals surface area contributed by atoms with E-state index in [9.17, 15) is 4.79 Å². The summed E-state index contributed by atoms with van der Waals surface area (Å²) in [4.78, 5) is 11.6. The lowest BCUT2D eigenvalue weighted by Crippen LogP contribution is -2.41. The van der Waals surface area contributed by atoms with Gasteiger partial charge in [-0.05, 0) is 18.3 Å². The molecule has 1 rings (SSSR count). The highest BCUT2D eigenvalue weighted by Crippen LogP contribution is 2.16. The van der Waals surface area contributed by atoms with Gasteiger partial charge >= 0.3 is 0 Å². The zero-order valence-corrected chi connectivity index (χ0v) is 11.2. The molecule has 0 spiro atoms. The number of ether oxygens (including phenoxy) is 2. The standard InChI is InChI=1S/C13H24NO3/c1-9(2)5-11(7-16-6-10(3)4)14-13(15)12-8-17-12/h8-12H,5-7H2,1-4H3,(H,14,15)/t11-,12-/m0/s1. The van der Waals surface area contributed by atoms with Crippen LogP contribution in [0.1, 0.15) is 34.1 Å². The number of hydrogen-bond donors (Lipinski definition) is 1. The third kappa shape index (κ3) is 6.64. The summed E-state index contributed by atoms with van der Waals surface area (Å²) in [6.07, 6.45) is 0.589. The molecule has 1 heterocycles. The fourth-order valence-electron chi connectivity index (χ4n) is 1.63. The number of carbonyl (C=O) groups excluding carboxylic acids is 1. The van der Waals surface area contributed by atoms with E-state index in [1.807, 2.05) is 0 Å². The van der Waals surface area contributed by atoms with Crippen LogP contribution in [0, 0.1) is 18.4 Å². The van der Waals surface area contributed by atoms with Gasteiger partial charge < -0.3 is 14.8 Å². The van der Waals surface area contributed by atoms with E-state index < -0.39 is 0 Å². The predicted octanol–water partition coefficient (Wildman–Crippen LogP) is 1.75. The van der Waals surface area contributed by atoms with Crippen molar-refractivity contribution in [2.75, 3.05) is 13.2 Å². The molecule has 0 aliphatic carbocycles. The van der Waals surface area contributed by atoms with Crippen LogP contribution in [0.25, 0.3) is 0 Å². The third-order valence-corrected chi connectivity index (χ3v) is 2.40. The minimum absolute atomic E-state index is 0.0520. The highest BCUT2D eigenvalue weighted by molar-refractivity contribution is 5.84. The summed E-state index contributed by atoms with van der Waals surface area (Å²) in [5, 5.41) is 2.96. The topological polar surface area (TPSA) is 50.9 Å². The highest BCUT2D eigenvalue weighted by atomic mass is 16.6. The van der Waals surface area contributed by atoms with Crippen LogP contribution >= 0.6 is 0 Å². The number of epoxide rings is 1. The summed E-state index contributed by atoms with van der Waals surface area (Å²) >= 11 is 0. The predicted molar refractivity (Wildman–Crippen MR) is 66.2 cm³/mol. The molecule has 0 aromatic carbocycles. The van der Waals surface area contributed by atoms with Crippen molar-refractivity contribution in [3.05, 3.63) is 6.61 Å². The summed E-state index contributed by atoms with van der Waals surface area (Å²) in [7, 11) is 0. The smallest absolute Gasteiger partial charge is 0.252 e. The average molecular weight is 242 g/mol. The van der Waals surface area contributed by atoms with E-state index in [0.29, 0.717) is 18.4 Å². The first kappa shape index (κ1) is 14.5. The molecule has 99 valence electrons. The Morgan fingerprint density at radius 2 is 1.94 bits per heavy atom. The van der Waals surface area contributed by atoms with Crippen molar-refractivity contribution in [2.45, 2.75) is 46.3 Å². The number of rotatable bonds is 8. The van der Waals surface area contributed by atoms with Crippen molar-refractivity contribution >= 4 is 5.91 Å². The third-order valence-electron chi connectivity index (χ3n) is 2.40. The van der Waals surface area contributed by atoms with E-state index in [1.54, 1.807) is 0 Å². The van der Waals surface area contributed by atoms with Crippen LogP contribution in [-0.2, 0) is 14.3 Å². The van der Waals surface area contributed by atoms with E-state index in [0.717, 1.165) is 13.0 Å². The van der Waals surface area contributed by atoms with Crippen molar-refractivity contribution in [1.82, 2.24) is 5.32 Å². The second kappa shape index (κ2) is 6.97. The zero-order valence-electron chi connectivity index (χ0n) is 11.2. The lowest BCUT2D eigenvalue weighted by Gasteiger charge is -2.20. The summed E-state index contributed by atoms with van der Waals surface area (Å²) in [5.74, 6) is 1.00. The summed E-state index contributed by atoms with van der Waals surface area (Å²) in [6, 6.07) is 0.0823. The molecule has 4 nitrogen and oxygen atoms in total. The number of hydrogen-bond acceptors (Lipinski definition) is 3. The first-order valence-corrected chi connectivity index (χ1v) is 6.36. The maximum atomic E-state index is 11.6. The van der Waals surface area contributed by atoms with Crippen LogP contribution in [0.5, 0.6) is 0 Å². The Morgan fingerprint density at radius 3 is 2.41 bits per heavy atom. The Hall–Kier alpha value is -0.610. The Morgan fingerprint density at radius 1 is 1.29 bits per heavy atom. The van der Waals surface area contributed by atoms with Crippen molar-refractivity contribution in [2.24, 2.45) is 11.8 Å². The molecule has 1 amide bonds. The molecule has 0 aromatic rings. The molecule has 17 heavy (non-hydrogen) atoms. The Kier molecular flexibility index (Phi) is 5.92. The normalized spacial score (nSPS) is 20.7. The second-order valence-corrected chi connectivity index (χ2v) is 5.46. The van der Waals surface area contributed by atoms with Gasteiger partial charge in [-0.2, -0.15) is 0 Å². The molecule has 4 heteroatoms. The Bertz CT molecular complexity index is 237. The molecule has 2 atom stereocenters. The first-order chi connectivity index (χ1) is 7.99. The van der Waals surface area contributed by atoms with E-state index >= 15 is 0 Å². The molecule has 1 aliphatic rings. The summed E-state index contributed by atoms with van der Waals surface area (Å²) in [6.45, 7) is 11.4. The quantitative estimate of drug-likeness (QED) is 0.660. The summed E-state index contributed by atoms with van der Waals surface area (Å²) < 4.78 is 10.4. The van der Waals surface area contributed by atoms with Crippen molar-refractivity contribution < 1.29 is 14.3 Å². The van der Waals surface area contributed by atoms with Gasteiger partial charge in [0.1, 0.15) is 6.61 Å². The molecular formula is C13H24NO3. The van der Waals surface area contributed by atoms with Gasteiger partial charge in [0.2, 0.25) is 0 Å². The monoisotopic (exact) mass is 242 g/mol. The van der Waals surface area contributed by atoms with Gasteiger partial charge in [0.05, 0.1) is 12.6 Å². The molecule has 1 radical (unpaired) electrons. The van der Waals surface area contributed by atoms with Gasteiger partial charge in [0.15, 0.2) is 6.10 Å². The van der Waals surface area contributed by atoms with Gasteiger partial charge in [-0.15, -0.1) is 0 Å². The molecule has 0 unspecified atom stereocenters. The van der Waals surface area contributed by atoms with Crippen LogP contribution in [0.15, 0.2) is 0 Å². The molecular weight excluding hydrogens is 218 g/mol. The lowest BCUT2D eigenvalue weighted by atomic mass is 10.0. The largest absolute Gasteiger partial charge is 0.379 e. The van der Waals surface area contributed by atoms with Crippen molar-refractivity contribution in [1.29, 1.82) is 0 Å². The second-order valence-electron chi connectivity index (χ2n) is 5.46. The molecule has 1 saturated heterocycles. The maximum Gasteiger partial charge on any atom is 0.252 e. The highest BCUT2D eigenvalue weighted by Gasteiger charge is 2.33. The molecule has 1 N–H and O–H groups in total. The first-order valence-electron chi connectivity index (χ1n) is 6.36. The van der Waals surface area contributed by atoms with Crippen LogP contribution in [0.3, 0.4) is 0 Å². The zero-order chi connectivity index (χ0) is 12.8. The van der Waals surface area contributed by atoms with Gasteiger partial charge in [-0.25, -0.2) is 0 Å².